The number of aromatic hydroxyl groups is 4. The van der Waals surface area contributed by atoms with E-state index in [1.807, 2.05) is 0 Å². The number of hydrogen-bond acceptors (Lipinski definition) is 9. The lowest BCUT2D eigenvalue weighted by Gasteiger charge is -2.15. The number of rotatable bonds is 3. The van der Waals surface area contributed by atoms with Gasteiger partial charge in [-0.15, -0.1) is 0 Å². The Bertz CT molecular complexity index is 1730. The first kappa shape index (κ1) is 21.0. The molecule has 9 nitrogen and oxygen atoms in total. The van der Waals surface area contributed by atoms with E-state index in [4.69, 9.17) is 13.6 Å². The molecule has 0 saturated heterocycles. The zero-order valence-corrected chi connectivity index (χ0v) is 17.5. The van der Waals surface area contributed by atoms with Crippen molar-refractivity contribution >= 4 is 21.9 Å². The van der Waals surface area contributed by atoms with Gasteiger partial charge in [0.2, 0.25) is 0 Å². The van der Waals surface area contributed by atoms with Gasteiger partial charge in [-0.1, -0.05) is 0 Å². The fourth-order valence-electron chi connectivity index (χ4n) is 3.84. The van der Waals surface area contributed by atoms with Crippen molar-refractivity contribution < 1.29 is 34.0 Å². The van der Waals surface area contributed by atoms with Gasteiger partial charge >= 0.3 is 5.63 Å². The first-order valence-electron chi connectivity index (χ1n) is 9.94. The molecule has 0 fully saturated rings. The Morgan fingerprint density at radius 1 is 0.765 bits per heavy atom. The first-order chi connectivity index (χ1) is 16.3. The van der Waals surface area contributed by atoms with Crippen LogP contribution in [0.4, 0.5) is 0 Å². The van der Waals surface area contributed by atoms with Crippen LogP contribution in [0, 0.1) is 0 Å². The van der Waals surface area contributed by atoms with E-state index in [0.29, 0.717) is 10.9 Å². The largest absolute Gasteiger partial charge is 0.507 e. The van der Waals surface area contributed by atoms with Crippen molar-refractivity contribution in [3.63, 3.8) is 0 Å². The van der Waals surface area contributed by atoms with Gasteiger partial charge in [0.15, 0.2) is 22.5 Å². The number of methoxy groups -OCH3 is 1. The quantitative estimate of drug-likeness (QED) is 0.231. The summed E-state index contributed by atoms with van der Waals surface area (Å²) < 4.78 is 16.6. The van der Waals surface area contributed by atoms with Crippen molar-refractivity contribution in [2.24, 2.45) is 0 Å². The molecule has 0 amide bonds. The molecule has 34 heavy (non-hydrogen) atoms. The minimum atomic E-state index is -0.603. The molecule has 170 valence electrons. The van der Waals surface area contributed by atoms with Crippen LogP contribution in [0.25, 0.3) is 44.4 Å². The third kappa shape index (κ3) is 3.27. The summed E-state index contributed by atoms with van der Waals surface area (Å²) >= 11 is 0. The molecule has 0 bridgehead atoms. The molecule has 0 atom stereocenters. The van der Waals surface area contributed by atoms with Gasteiger partial charge in [-0.3, -0.25) is 4.79 Å². The number of phenolic OH excluding ortho intramolecular Hbond substituents is 4. The second-order valence-electron chi connectivity index (χ2n) is 7.52. The molecule has 5 aromatic rings. The molecule has 3 aromatic carbocycles. The second kappa shape index (κ2) is 7.59. The number of hydrogen-bond donors (Lipinski definition) is 4. The van der Waals surface area contributed by atoms with Gasteiger partial charge in [0.05, 0.1) is 12.7 Å². The van der Waals surface area contributed by atoms with Crippen LogP contribution in [-0.2, 0) is 0 Å². The highest BCUT2D eigenvalue weighted by molar-refractivity contribution is 6.02. The normalized spacial score (nSPS) is 11.2. The Morgan fingerprint density at radius 2 is 1.56 bits per heavy atom. The van der Waals surface area contributed by atoms with Crippen LogP contribution in [0.15, 0.2) is 73.0 Å². The van der Waals surface area contributed by atoms with Crippen LogP contribution in [0.5, 0.6) is 28.7 Å². The van der Waals surface area contributed by atoms with E-state index in [9.17, 15) is 30.0 Å². The lowest BCUT2D eigenvalue weighted by atomic mass is 9.98. The average molecular weight is 460 g/mol. The third-order valence-corrected chi connectivity index (χ3v) is 5.43. The van der Waals surface area contributed by atoms with Gasteiger partial charge in [-0.25, -0.2) is 4.79 Å². The Balaban J connectivity index is 1.88. The molecule has 0 aliphatic heterocycles. The minimum absolute atomic E-state index is 0.0183. The maximum Gasteiger partial charge on any atom is 0.336 e. The monoisotopic (exact) mass is 460 g/mol. The van der Waals surface area contributed by atoms with Crippen LogP contribution < -0.4 is 15.8 Å². The Labute approximate surface area is 189 Å². The molecular formula is C25H16O9. The fraction of sp³-hybridized carbons (Fsp3) is 0.0400. The lowest BCUT2D eigenvalue weighted by molar-refractivity contribution is 0.404. The summed E-state index contributed by atoms with van der Waals surface area (Å²) in [5.74, 6) is -1.43. The highest BCUT2D eigenvalue weighted by Gasteiger charge is 2.23. The van der Waals surface area contributed by atoms with Crippen molar-refractivity contribution in [3.8, 4) is 51.2 Å². The zero-order chi connectivity index (χ0) is 24.1. The number of ether oxygens (including phenoxy) is 1. The summed E-state index contributed by atoms with van der Waals surface area (Å²) in [6, 6.07) is 11.8. The minimum Gasteiger partial charge on any atom is -0.507 e. The first-order valence-corrected chi connectivity index (χ1v) is 9.94. The number of fused-ring (bicyclic) bond motifs is 2. The topological polar surface area (TPSA) is 151 Å². The molecule has 0 spiro atoms. The van der Waals surface area contributed by atoms with Gasteiger partial charge in [-0.2, -0.15) is 0 Å². The number of benzene rings is 3. The van der Waals surface area contributed by atoms with Gasteiger partial charge in [0.25, 0.3) is 0 Å². The van der Waals surface area contributed by atoms with Crippen molar-refractivity contribution in [2.75, 3.05) is 7.11 Å². The molecule has 0 aliphatic carbocycles. The van der Waals surface area contributed by atoms with Crippen LogP contribution in [-0.4, -0.2) is 27.5 Å². The van der Waals surface area contributed by atoms with E-state index in [2.05, 4.69) is 0 Å². The Morgan fingerprint density at radius 3 is 2.29 bits per heavy atom. The summed E-state index contributed by atoms with van der Waals surface area (Å²) in [5.41, 5.74) is -0.406. The number of phenols is 4. The maximum absolute atomic E-state index is 13.0. The van der Waals surface area contributed by atoms with E-state index in [0.717, 1.165) is 12.1 Å². The van der Waals surface area contributed by atoms with E-state index in [-0.39, 0.29) is 44.9 Å². The Hall–Kier alpha value is -4.92. The molecule has 0 unspecified atom stereocenters. The van der Waals surface area contributed by atoms with Gasteiger partial charge in [0, 0.05) is 40.8 Å². The summed E-state index contributed by atoms with van der Waals surface area (Å²) in [6.07, 6.45) is 0. The van der Waals surface area contributed by atoms with Crippen molar-refractivity contribution in [3.05, 3.63) is 75.2 Å². The lowest BCUT2D eigenvalue weighted by Crippen LogP contribution is -2.02. The third-order valence-electron chi connectivity index (χ3n) is 5.43. The molecule has 2 aromatic heterocycles. The van der Waals surface area contributed by atoms with Crippen LogP contribution in [0.1, 0.15) is 0 Å². The predicted octanol–water partition coefficient (Wildman–Crippen LogP) is 4.06. The average Bonchev–Trinajstić information content (AvgIpc) is 2.79. The summed E-state index contributed by atoms with van der Waals surface area (Å²) in [7, 11) is 1.38. The van der Waals surface area contributed by atoms with Crippen LogP contribution in [0.3, 0.4) is 0 Å². The summed E-state index contributed by atoms with van der Waals surface area (Å²) in [6.45, 7) is 0. The molecule has 0 saturated carbocycles. The standard InChI is InChI=1S/C25H16O9/c1-32-21-10-20-11(3-5-22(31)33-20)6-13(21)23-16(28)8-17(29)24-18(30)9-19(34-25(23)24)12-2-4-14(26)15(27)7-12/h2-10,26-29H,1H3. The smallest absolute Gasteiger partial charge is 0.336 e. The van der Waals surface area contributed by atoms with Crippen LogP contribution in [0.2, 0.25) is 0 Å². The van der Waals surface area contributed by atoms with E-state index < -0.39 is 28.3 Å². The molecule has 4 N–H and O–H groups in total. The summed E-state index contributed by atoms with van der Waals surface area (Å²) in [4.78, 5) is 24.6. The van der Waals surface area contributed by atoms with E-state index in [1.165, 1.54) is 43.5 Å². The second-order valence-corrected chi connectivity index (χ2v) is 7.52. The van der Waals surface area contributed by atoms with E-state index in [1.54, 1.807) is 6.07 Å². The molecule has 5 rings (SSSR count). The van der Waals surface area contributed by atoms with Gasteiger partial charge in [-0.05, 0) is 30.3 Å². The van der Waals surface area contributed by atoms with Crippen molar-refractivity contribution in [2.45, 2.75) is 0 Å². The zero-order valence-electron chi connectivity index (χ0n) is 17.5. The van der Waals surface area contributed by atoms with Crippen molar-refractivity contribution in [1.82, 2.24) is 0 Å². The Kier molecular flexibility index (Phi) is 4.68. The molecular weight excluding hydrogens is 444 g/mol. The van der Waals surface area contributed by atoms with E-state index >= 15 is 0 Å². The molecule has 2 heterocycles. The van der Waals surface area contributed by atoms with Crippen LogP contribution >= 0.6 is 0 Å². The fourth-order valence-corrected chi connectivity index (χ4v) is 3.84. The van der Waals surface area contributed by atoms with Gasteiger partial charge < -0.3 is 34.0 Å². The van der Waals surface area contributed by atoms with Gasteiger partial charge in [0.1, 0.15) is 34.0 Å². The molecule has 0 radical (unpaired) electrons. The summed E-state index contributed by atoms with van der Waals surface area (Å²) in [5, 5.41) is 41.0. The predicted molar refractivity (Wildman–Crippen MR) is 123 cm³/mol. The SMILES string of the molecule is COc1cc2oc(=O)ccc2cc1-c1c(O)cc(O)c2c(=O)cc(-c3ccc(O)c(O)c3)oc12. The molecule has 9 heteroatoms. The highest BCUT2D eigenvalue weighted by Crippen LogP contribution is 2.45. The van der Waals surface area contributed by atoms with Crippen molar-refractivity contribution in [1.29, 1.82) is 0 Å². The highest BCUT2D eigenvalue weighted by atomic mass is 16.5. The molecule has 0 aliphatic rings. The maximum atomic E-state index is 13.0.